The second kappa shape index (κ2) is 15.4. The van der Waals surface area contributed by atoms with E-state index >= 15 is 0 Å². The Morgan fingerprint density at radius 3 is 2.02 bits per heavy atom. The van der Waals surface area contributed by atoms with Gasteiger partial charge in [0.1, 0.15) is 0 Å². The third kappa shape index (κ3) is 8.03. The topological polar surface area (TPSA) is 25.8 Å². The molecule has 0 saturated carbocycles. The standard InChI is InChI=1S/C27H22NS.C17H22NSi.Ir/c1-17(2)24-15-25(28-16-18(24)3)23-11-7-10-22-21-13-12-20(14-26(21)29-27(22)23)19-8-5-4-6-9-19;1-13(2)15-11-16(14-9-7-6-8-10-14)18-12-17(15)19(3,4)5;/h4-10,12-17H,1-3H3;6-9,11-13H,1-5H3;/q2*-1;. The van der Waals surface area contributed by atoms with E-state index < -0.39 is 8.07 Å². The van der Waals surface area contributed by atoms with Crippen molar-refractivity contribution in [1.29, 1.82) is 0 Å². The number of thiophene rings is 1. The molecule has 2 nitrogen and oxygen atoms in total. The predicted octanol–water partition coefficient (Wildman–Crippen LogP) is 12.2. The molecule has 3 heterocycles. The number of nitrogens with zero attached hydrogens (tertiary/aromatic N) is 2. The Balaban J connectivity index is 0.000000205. The summed E-state index contributed by atoms with van der Waals surface area (Å²) in [6.07, 6.45) is 4.09. The van der Waals surface area contributed by atoms with Crippen LogP contribution in [0.15, 0.2) is 109 Å². The van der Waals surface area contributed by atoms with E-state index in [1.807, 2.05) is 41.8 Å². The fraction of sp³-hybridized carbons (Fsp3) is 0.227. The first kappa shape index (κ1) is 36.5. The molecule has 0 aliphatic heterocycles. The minimum absolute atomic E-state index is 0. The molecule has 0 aliphatic carbocycles. The van der Waals surface area contributed by atoms with Gasteiger partial charge in [0, 0.05) is 37.2 Å². The van der Waals surface area contributed by atoms with Crippen LogP contribution in [0.3, 0.4) is 0 Å². The largest absolute Gasteiger partial charge is 0.305 e. The van der Waals surface area contributed by atoms with E-state index in [1.165, 1.54) is 53.2 Å². The Morgan fingerprint density at radius 2 is 1.35 bits per heavy atom. The minimum Gasteiger partial charge on any atom is -0.305 e. The Morgan fingerprint density at radius 1 is 0.653 bits per heavy atom. The smallest absolute Gasteiger partial charge is 0.0799 e. The number of hydrogen-bond donors (Lipinski definition) is 0. The van der Waals surface area contributed by atoms with Crippen LogP contribution in [-0.2, 0) is 20.1 Å². The fourth-order valence-electron chi connectivity index (χ4n) is 6.32. The van der Waals surface area contributed by atoms with Crippen LogP contribution in [0.5, 0.6) is 0 Å². The molecule has 0 saturated heterocycles. The van der Waals surface area contributed by atoms with Crippen molar-refractivity contribution >= 4 is 44.8 Å². The monoisotopic (exact) mass is 853 g/mol. The van der Waals surface area contributed by atoms with E-state index in [0.29, 0.717) is 11.8 Å². The summed E-state index contributed by atoms with van der Waals surface area (Å²) in [6.45, 7) is 18.3. The SMILES string of the molecule is CC(C)c1cc(-c2[c-]cccc2)ncc1[Si](C)(C)C.Cc1cnc(-c2[c-]ccc3c2sc2cc(-c4ccccc4)ccc23)cc1C(C)C.[Ir]. The number of aryl methyl sites for hydroxylation is 1. The summed E-state index contributed by atoms with van der Waals surface area (Å²) < 4.78 is 2.57. The quantitative estimate of drug-likeness (QED) is 0.123. The molecule has 0 fully saturated rings. The van der Waals surface area contributed by atoms with Gasteiger partial charge in [0.05, 0.1) is 8.07 Å². The molecule has 1 radical (unpaired) electrons. The van der Waals surface area contributed by atoms with Gasteiger partial charge in [-0.2, -0.15) is 11.3 Å². The van der Waals surface area contributed by atoms with Crippen LogP contribution in [0.1, 0.15) is 56.2 Å². The number of rotatable bonds is 6. The Hall–Kier alpha value is -3.73. The van der Waals surface area contributed by atoms with Gasteiger partial charge in [-0.3, -0.25) is 0 Å². The molecule has 0 atom stereocenters. The molecule has 0 amide bonds. The second-order valence-corrected chi connectivity index (χ2v) is 20.3. The van der Waals surface area contributed by atoms with Gasteiger partial charge in [-0.05, 0) is 73.7 Å². The summed E-state index contributed by atoms with van der Waals surface area (Å²) >= 11 is 1.84. The van der Waals surface area contributed by atoms with Crippen LogP contribution >= 0.6 is 11.3 Å². The maximum atomic E-state index is 4.75. The van der Waals surface area contributed by atoms with Crippen molar-refractivity contribution in [2.24, 2.45) is 0 Å². The van der Waals surface area contributed by atoms with Gasteiger partial charge in [0.15, 0.2) is 0 Å². The molecule has 3 aromatic heterocycles. The zero-order valence-corrected chi connectivity index (χ0v) is 33.9. The van der Waals surface area contributed by atoms with Crippen LogP contribution in [0.4, 0.5) is 0 Å². The van der Waals surface area contributed by atoms with Gasteiger partial charge >= 0.3 is 0 Å². The van der Waals surface area contributed by atoms with Crippen LogP contribution in [0.25, 0.3) is 53.8 Å². The molecule has 0 aliphatic rings. The fourth-order valence-corrected chi connectivity index (χ4v) is 9.24. The molecule has 0 bridgehead atoms. The Bertz CT molecular complexity index is 2180. The van der Waals surface area contributed by atoms with Gasteiger partial charge in [-0.1, -0.05) is 113 Å². The maximum Gasteiger partial charge on any atom is 0.0799 e. The third-order valence-electron chi connectivity index (χ3n) is 8.91. The van der Waals surface area contributed by atoms with Crippen molar-refractivity contribution < 1.29 is 20.1 Å². The molecule has 49 heavy (non-hydrogen) atoms. The molecular formula is C44H44IrN2SSi-2. The summed E-state index contributed by atoms with van der Waals surface area (Å²) in [5.74, 6) is 1.01. The molecule has 0 N–H and O–H groups in total. The molecule has 0 spiro atoms. The number of pyridine rings is 2. The van der Waals surface area contributed by atoms with E-state index in [0.717, 1.165) is 22.5 Å². The van der Waals surface area contributed by atoms with Crippen LogP contribution in [-0.4, -0.2) is 18.0 Å². The molecule has 251 valence electrons. The van der Waals surface area contributed by atoms with E-state index in [4.69, 9.17) is 4.98 Å². The van der Waals surface area contributed by atoms with E-state index in [-0.39, 0.29) is 20.1 Å². The van der Waals surface area contributed by atoms with Crippen molar-refractivity contribution in [3.05, 3.63) is 138 Å². The molecule has 4 aromatic carbocycles. The van der Waals surface area contributed by atoms with Gasteiger partial charge in [0.25, 0.3) is 0 Å². The van der Waals surface area contributed by atoms with Crippen LogP contribution in [0, 0.1) is 19.1 Å². The van der Waals surface area contributed by atoms with E-state index in [9.17, 15) is 0 Å². The maximum absolute atomic E-state index is 4.75. The molecular weight excluding hydrogens is 809 g/mol. The number of hydrogen-bond acceptors (Lipinski definition) is 3. The summed E-state index contributed by atoms with van der Waals surface area (Å²) in [5.41, 5.74) is 10.8. The predicted molar refractivity (Wildman–Crippen MR) is 211 cm³/mol. The number of aromatic nitrogens is 2. The minimum atomic E-state index is -1.34. The Labute approximate surface area is 311 Å². The molecule has 5 heteroatoms. The van der Waals surface area contributed by atoms with Gasteiger partial charge < -0.3 is 9.97 Å². The first-order valence-corrected chi connectivity index (χ1v) is 21.2. The Kier molecular flexibility index (Phi) is 11.5. The number of benzene rings is 4. The van der Waals surface area contributed by atoms with Crippen molar-refractivity contribution in [2.45, 2.75) is 66.1 Å². The molecule has 7 rings (SSSR count). The van der Waals surface area contributed by atoms with E-state index in [1.54, 1.807) is 0 Å². The van der Waals surface area contributed by atoms with Gasteiger partial charge in [-0.15, -0.1) is 59.7 Å². The summed E-state index contributed by atoms with van der Waals surface area (Å²) in [6, 6.07) is 40.8. The van der Waals surface area contributed by atoms with Gasteiger partial charge in [0.2, 0.25) is 0 Å². The average molecular weight is 853 g/mol. The summed E-state index contributed by atoms with van der Waals surface area (Å²) in [7, 11) is -1.34. The van der Waals surface area contributed by atoms with Crippen molar-refractivity contribution in [3.63, 3.8) is 0 Å². The zero-order chi connectivity index (χ0) is 34.0. The van der Waals surface area contributed by atoms with Gasteiger partial charge in [-0.25, -0.2) is 0 Å². The van der Waals surface area contributed by atoms with Crippen molar-refractivity contribution in [3.8, 4) is 33.6 Å². The average Bonchev–Trinajstić information content (AvgIpc) is 3.47. The first-order valence-electron chi connectivity index (χ1n) is 16.9. The number of fused-ring (bicyclic) bond motifs is 3. The van der Waals surface area contributed by atoms with E-state index in [2.05, 4.69) is 150 Å². The van der Waals surface area contributed by atoms with Crippen molar-refractivity contribution in [1.82, 2.24) is 9.97 Å². The first-order chi connectivity index (χ1) is 23.0. The molecule has 0 unspecified atom stereocenters. The van der Waals surface area contributed by atoms with Crippen molar-refractivity contribution in [2.75, 3.05) is 0 Å². The normalized spacial score (nSPS) is 11.5. The van der Waals surface area contributed by atoms with Crippen LogP contribution < -0.4 is 5.19 Å². The zero-order valence-electron chi connectivity index (χ0n) is 29.7. The summed E-state index contributed by atoms with van der Waals surface area (Å²) in [4.78, 5) is 9.41. The summed E-state index contributed by atoms with van der Waals surface area (Å²) in [5, 5.41) is 4.06. The van der Waals surface area contributed by atoms with Crippen LogP contribution in [0.2, 0.25) is 19.6 Å². The second-order valence-electron chi connectivity index (χ2n) is 14.2. The third-order valence-corrected chi connectivity index (χ3v) is 12.1. The molecule has 7 aromatic rings.